The van der Waals surface area contributed by atoms with Gasteiger partial charge in [-0.3, -0.25) is 10.1 Å². The number of nitro groups is 1. The summed E-state index contributed by atoms with van der Waals surface area (Å²) in [6, 6.07) is 0.950. The van der Waals surface area contributed by atoms with Gasteiger partial charge in [0.1, 0.15) is 23.0 Å². The molecule has 2 amide bonds. The van der Waals surface area contributed by atoms with Crippen LogP contribution in [0.4, 0.5) is 26.9 Å². The number of aromatic nitrogens is 1. The van der Waals surface area contributed by atoms with Gasteiger partial charge in [-0.05, 0) is 13.8 Å². The van der Waals surface area contributed by atoms with Gasteiger partial charge in [-0.2, -0.15) is 0 Å². The first-order valence-electron chi connectivity index (χ1n) is 6.06. The number of carboxylic acid groups (broad SMARTS) is 2. The molecule has 0 aliphatic heterocycles. The zero-order chi connectivity index (χ0) is 17.0. The van der Waals surface area contributed by atoms with E-state index in [1.165, 1.54) is 13.8 Å². The van der Waals surface area contributed by atoms with Crippen molar-refractivity contribution >= 4 is 41.1 Å². The van der Waals surface area contributed by atoms with Crippen molar-refractivity contribution in [3.05, 3.63) is 21.2 Å². The second-order valence-electron chi connectivity index (χ2n) is 3.91. The van der Waals surface area contributed by atoms with E-state index in [-0.39, 0.29) is 18.9 Å². The van der Waals surface area contributed by atoms with Gasteiger partial charge in [0.05, 0.1) is 4.92 Å². The number of pyridine rings is 1. The molecule has 1 heterocycles. The smallest absolute Gasteiger partial charge is 0.330 e. The summed E-state index contributed by atoms with van der Waals surface area (Å²) in [7, 11) is 0. The summed E-state index contributed by atoms with van der Waals surface area (Å²) < 4.78 is 0. The molecule has 0 saturated heterocycles. The molecule has 120 valence electrons. The molecule has 0 aromatic carbocycles. The van der Waals surface area contributed by atoms with E-state index in [1.54, 1.807) is 0 Å². The van der Waals surface area contributed by atoms with Crippen molar-refractivity contribution in [1.29, 1.82) is 0 Å². The van der Waals surface area contributed by atoms with Crippen LogP contribution in [0, 0.1) is 10.1 Å². The number of nitrogens with zero attached hydrogens (tertiary/aromatic N) is 4. The van der Waals surface area contributed by atoms with Crippen LogP contribution in [0.2, 0.25) is 5.02 Å². The highest BCUT2D eigenvalue weighted by molar-refractivity contribution is 6.33. The van der Waals surface area contributed by atoms with Gasteiger partial charge < -0.3 is 29.6 Å². The zero-order valence-electron chi connectivity index (χ0n) is 11.6. The molecule has 0 atom stereocenters. The van der Waals surface area contributed by atoms with Crippen LogP contribution in [0.3, 0.4) is 0 Å². The normalized spacial score (nSPS) is 10.1. The third-order valence-electron chi connectivity index (χ3n) is 2.70. The first-order valence-corrected chi connectivity index (χ1v) is 6.44. The van der Waals surface area contributed by atoms with Crippen LogP contribution in [0.25, 0.3) is 0 Å². The molecule has 22 heavy (non-hydrogen) atoms. The molecule has 0 saturated carbocycles. The Balaban J connectivity index is 3.62. The number of halogens is 1. The third-order valence-corrected chi connectivity index (χ3v) is 2.99. The lowest BCUT2D eigenvalue weighted by molar-refractivity contribution is -0.384. The van der Waals surface area contributed by atoms with Crippen LogP contribution >= 0.6 is 11.6 Å². The van der Waals surface area contributed by atoms with Crippen LogP contribution in [-0.2, 0) is 0 Å². The fourth-order valence-corrected chi connectivity index (χ4v) is 1.98. The van der Waals surface area contributed by atoms with Gasteiger partial charge in [-0.1, -0.05) is 11.6 Å². The van der Waals surface area contributed by atoms with Crippen LogP contribution in [0.15, 0.2) is 6.07 Å². The molecule has 0 aliphatic rings. The van der Waals surface area contributed by atoms with Gasteiger partial charge in [-0.25, -0.2) is 4.98 Å². The number of carbonyl (C=O) groups excluding carboxylic acids is 2. The van der Waals surface area contributed by atoms with Crippen molar-refractivity contribution in [1.82, 2.24) is 4.98 Å². The Kier molecular flexibility index (Phi) is 5.46. The molecule has 1 aromatic heterocycles. The Hall–Kier alpha value is -2.62. The van der Waals surface area contributed by atoms with Crippen LogP contribution in [-0.4, -0.2) is 35.2 Å². The topological polar surface area (TPSA) is 143 Å². The highest BCUT2D eigenvalue weighted by atomic mass is 35.5. The fourth-order valence-electron chi connectivity index (χ4n) is 1.73. The highest BCUT2D eigenvalue weighted by Crippen LogP contribution is 2.36. The number of rotatable bonds is 5. The lowest BCUT2D eigenvalue weighted by atomic mass is 10.3. The Labute approximate surface area is 129 Å². The maximum atomic E-state index is 11.1. The molecule has 11 heteroatoms. The molecule has 0 bridgehead atoms. The summed E-state index contributed by atoms with van der Waals surface area (Å²) in [6.45, 7) is 2.61. The van der Waals surface area contributed by atoms with Gasteiger partial charge in [-0.15, -0.1) is 0 Å². The van der Waals surface area contributed by atoms with Crippen molar-refractivity contribution in [2.45, 2.75) is 13.8 Å². The van der Waals surface area contributed by atoms with E-state index >= 15 is 0 Å². The van der Waals surface area contributed by atoms with Crippen molar-refractivity contribution in [2.24, 2.45) is 0 Å². The monoisotopic (exact) mass is 330 g/mol. The Morgan fingerprint density at radius 2 is 1.73 bits per heavy atom. The molecule has 1 aromatic rings. The van der Waals surface area contributed by atoms with Gasteiger partial charge in [0.25, 0.3) is 0 Å². The van der Waals surface area contributed by atoms with Gasteiger partial charge >= 0.3 is 5.69 Å². The summed E-state index contributed by atoms with van der Waals surface area (Å²) in [5.41, 5.74) is -0.758. The first-order chi connectivity index (χ1) is 10.2. The average molecular weight is 331 g/mol. The minimum absolute atomic E-state index is 0.0691. The van der Waals surface area contributed by atoms with Crippen LogP contribution in [0.5, 0.6) is 0 Å². The van der Waals surface area contributed by atoms with E-state index in [1.807, 2.05) is 0 Å². The van der Waals surface area contributed by atoms with Crippen molar-refractivity contribution < 1.29 is 24.7 Å². The van der Waals surface area contributed by atoms with Crippen LogP contribution in [0.1, 0.15) is 13.8 Å². The molecule has 1 rings (SSSR count). The number of carbonyl (C=O) groups is 2. The molecule has 0 unspecified atom stereocenters. The summed E-state index contributed by atoms with van der Waals surface area (Å²) >= 11 is 5.78. The molecule has 0 radical (unpaired) electrons. The van der Waals surface area contributed by atoms with E-state index in [4.69, 9.17) is 11.6 Å². The predicted octanol–water partition coefficient (Wildman–Crippen LogP) is -0.0176. The second kappa shape index (κ2) is 6.89. The molecular formula is C11H11ClN4O6-2. The third kappa shape index (κ3) is 3.34. The van der Waals surface area contributed by atoms with Gasteiger partial charge in [0.15, 0.2) is 0 Å². The maximum Gasteiger partial charge on any atom is 0.330 e. The maximum absolute atomic E-state index is 11.1. The number of amides is 2. The second-order valence-corrected chi connectivity index (χ2v) is 4.32. The van der Waals surface area contributed by atoms with E-state index in [9.17, 15) is 29.9 Å². The standard InChI is InChI=1S/C11H13ClN4O6/c1-3-14(10(17)18)7-5-6(12)8(16(21)22)9(13-7)15(4-2)11(19)20/h5H,3-4H2,1-2H3,(H,17,18)(H,19,20)/p-2. The number of hydrogen-bond donors (Lipinski definition) is 0. The summed E-state index contributed by atoms with van der Waals surface area (Å²) in [6.07, 6.45) is -3.34. The number of hydrogen-bond acceptors (Lipinski definition) is 7. The molecule has 0 fully saturated rings. The lowest BCUT2D eigenvalue weighted by Gasteiger charge is -2.26. The van der Waals surface area contributed by atoms with E-state index in [0.717, 1.165) is 6.07 Å². The SMILES string of the molecule is CCN(C(=O)[O-])c1cc(Cl)c([N+](=O)[O-])c(N(CC)C(=O)[O-])n1. The first kappa shape index (κ1) is 17.4. The van der Waals surface area contributed by atoms with E-state index < -0.39 is 33.6 Å². The van der Waals surface area contributed by atoms with Crippen molar-refractivity contribution in [3.8, 4) is 0 Å². The lowest BCUT2D eigenvalue weighted by Crippen LogP contribution is -2.43. The Morgan fingerprint density at radius 3 is 2.09 bits per heavy atom. The molecule has 0 aliphatic carbocycles. The minimum Gasteiger partial charge on any atom is -0.530 e. The molecular weight excluding hydrogens is 320 g/mol. The van der Waals surface area contributed by atoms with Crippen LogP contribution < -0.4 is 20.0 Å². The van der Waals surface area contributed by atoms with Crippen molar-refractivity contribution in [2.75, 3.05) is 22.9 Å². The fraction of sp³-hybridized carbons (Fsp3) is 0.364. The average Bonchev–Trinajstić information content (AvgIpc) is 2.38. The highest BCUT2D eigenvalue weighted by Gasteiger charge is 2.27. The Bertz CT molecular complexity index is 623. The van der Waals surface area contributed by atoms with E-state index in [0.29, 0.717) is 9.80 Å². The summed E-state index contributed by atoms with van der Waals surface area (Å²) in [4.78, 5) is 37.1. The molecule has 10 nitrogen and oxygen atoms in total. The van der Waals surface area contributed by atoms with E-state index in [2.05, 4.69) is 4.98 Å². The number of anilines is 2. The summed E-state index contributed by atoms with van der Waals surface area (Å²) in [5.74, 6) is -0.900. The van der Waals surface area contributed by atoms with Crippen molar-refractivity contribution in [3.63, 3.8) is 0 Å². The summed E-state index contributed by atoms with van der Waals surface area (Å²) in [5, 5.41) is 32.7. The molecule has 0 spiro atoms. The molecule has 0 N–H and O–H groups in total. The zero-order valence-corrected chi connectivity index (χ0v) is 12.4. The van der Waals surface area contributed by atoms with Gasteiger partial charge in [0, 0.05) is 19.2 Å². The van der Waals surface area contributed by atoms with Gasteiger partial charge in [0.2, 0.25) is 5.82 Å². The minimum atomic E-state index is -1.73. The predicted molar refractivity (Wildman–Crippen MR) is 72.7 cm³/mol. The quantitative estimate of drug-likeness (QED) is 0.545. The largest absolute Gasteiger partial charge is 0.530 e. The Morgan fingerprint density at radius 1 is 1.23 bits per heavy atom.